The fourth-order valence-electron chi connectivity index (χ4n) is 1.84. The van der Waals surface area contributed by atoms with Crippen molar-refractivity contribution in [1.29, 1.82) is 0 Å². The lowest BCUT2D eigenvalue weighted by Gasteiger charge is -2.24. The molecule has 1 atom stereocenters. The Hall–Kier alpha value is -1.57. The summed E-state index contributed by atoms with van der Waals surface area (Å²) in [5.74, 6) is -0.873. The highest BCUT2D eigenvalue weighted by Gasteiger charge is 2.35. The molecule has 106 valence electrons. The van der Waals surface area contributed by atoms with E-state index in [1.807, 2.05) is 0 Å². The second-order valence-electron chi connectivity index (χ2n) is 4.27. The molecule has 1 aliphatic heterocycles. The Bertz CT molecular complexity index is 432. The fraction of sp³-hybridized carbons (Fsp3) is 0.636. The molecule has 1 saturated heterocycles. The van der Waals surface area contributed by atoms with Crippen molar-refractivity contribution in [2.75, 3.05) is 30.9 Å². The Kier molecular flexibility index (Phi) is 4.08. The first-order chi connectivity index (χ1) is 8.99. The highest BCUT2D eigenvalue weighted by atomic mass is 19.4. The van der Waals surface area contributed by atoms with E-state index in [0.29, 0.717) is 13.2 Å². The van der Waals surface area contributed by atoms with Crippen LogP contribution in [-0.4, -0.2) is 36.3 Å². The molecule has 1 aromatic rings. The van der Waals surface area contributed by atoms with Crippen LogP contribution in [0.25, 0.3) is 0 Å². The number of hydrogen-bond donors (Lipinski definition) is 2. The number of alkyl halides is 3. The van der Waals surface area contributed by atoms with Gasteiger partial charge in [-0.2, -0.15) is 13.2 Å². The molecule has 0 radical (unpaired) electrons. The molecule has 0 aliphatic carbocycles. The summed E-state index contributed by atoms with van der Waals surface area (Å²) < 4.78 is 43.2. The first-order valence-corrected chi connectivity index (χ1v) is 5.97. The van der Waals surface area contributed by atoms with E-state index in [1.54, 1.807) is 0 Å². The van der Waals surface area contributed by atoms with Gasteiger partial charge < -0.3 is 15.4 Å². The maximum atomic E-state index is 12.7. The number of nitrogens with zero attached hydrogens (tertiary/aromatic N) is 2. The van der Waals surface area contributed by atoms with Crippen molar-refractivity contribution >= 4 is 11.6 Å². The van der Waals surface area contributed by atoms with Gasteiger partial charge >= 0.3 is 6.18 Å². The lowest BCUT2D eigenvalue weighted by molar-refractivity contribution is -0.144. The van der Waals surface area contributed by atoms with Crippen LogP contribution in [0.3, 0.4) is 0 Å². The summed E-state index contributed by atoms with van der Waals surface area (Å²) in [4.78, 5) is 6.90. The number of halogens is 3. The fourth-order valence-corrected chi connectivity index (χ4v) is 1.84. The summed E-state index contributed by atoms with van der Waals surface area (Å²) in [5, 5.41) is 5.55. The van der Waals surface area contributed by atoms with Gasteiger partial charge in [-0.15, -0.1) is 0 Å². The van der Waals surface area contributed by atoms with E-state index >= 15 is 0 Å². The molecule has 1 aliphatic rings. The van der Waals surface area contributed by atoms with Gasteiger partial charge in [0.15, 0.2) is 0 Å². The third-order valence-electron chi connectivity index (χ3n) is 2.75. The Morgan fingerprint density at radius 2 is 2.05 bits per heavy atom. The highest BCUT2D eigenvalue weighted by molar-refractivity contribution is 5.48. The summed E-state index contributed by atoms with van der Waals surface area (Å²) in [6.07, 6.45) is -2.83. The standard InChI is InChI=1S/C11H15F3N4O/c1-15-8-5-9(16-7-3-2-4-19-6-7)18-10(17-8)11(12,13)14/h5,7H,2-4,6H2,1H3,(H2,15,16,17,18). The molecule has 8 heteroatoms. The molecule has 2 N–H and O–H groups in total. The molecule has 0 aromatic carbocycles. The third kappa shape index (κ3) is 3.69. The van der Waals surface area contributed by atoms with Gasteiger partial charge in [0.2, 0.25) is 5.82 Å². The minimum Gasteiger partial charge on any atom is -0.379 e. The van der Waals surface area contributed by atoms with E-state index in [0.717, 1.165) is 12.8 Å². The SMILES string of the molecule is CNc1cc(NC2CCCOC2)nc(C(F)(F)F)n1. The summed E-state index contributed by atoms with van der Waals surface area (Å²) in [6.45, 7) is 1.16. The van der Waals surface area contributed by atoms with Gasteiger partial charge in [-0.05, 0) is 12.8 Å². The molecular formula is C11H15F3N4O. The smallest absolute Gasteiger partial charge is 0.379 e. The summed E-state index contributed by atoms with van der Waals surface area (Å²) in [6, 6.07) is 1.43. The highest BCUT2D eigenvalue weighted by Crippen LogP contribution is 2.28. The Balaban J connectivity index is 2.19. The van der Waals surface area contributed by atoms with Crippen molar-refractivity contribution in [2.45, 2.75) is 25.1 Å². The number of anilines is 2. The van der Waals surface area contributed by atoms with Crippen LogP contribution in [0.4, 0.5) is 24.8 Å². The molecule has 0 bridgehead atoms. The van der Waals surface area contributed by atoms with Gasteiger partial charge in [-0.1, -0.05) is 0 Å². The van der Waals surface area contributed by atoms with Crippen molar-refractivity contribution in [1.82, 2.24) is 9.97 Å². The zero-order chi connectivity index (χ0) is 13.9. The van der Waals surface area contributed by atoms with E-state index in [2.05, 4.69) is 20.6 Å². The molecule has 1 aromatic heterocycles. The molecule has 1 fully saturated rings. The second-order valence-corrected chi connectivity index (χ2v) is 4.27. The zero-order valence-electron chi connectivity index (χ0n) is 10.4. The molecule has 19 heavy (non-hydrogen) atoms. The maximum absolute atomic E-state index is 12.7. The summed E-state index contributed by atoms with van der Waals surface area (Å²) >= 11 is 0. The molecule has 2 heterocycles. The average Bonchev–Trinajstić information content (AvgIpc) is 2.38. The Morgan fingerprint density at radius 1 is 1.32 bits per heavy atom. The summed E-state index contributed by atoms with van der Waals surface area (Å²) in [7, 11) is 1.51. The predicted molar refractivity (Wildman–Crippen MR) is 64.0 cm³/mol. The normalized spacial score (nSPS) is 20.1. The van der Waals surface area contributed by atoms with Crippen molar-refractivity contribution in [3.8, 4) is 0 Å². The van der Waals surface area contributed by atoms with Crippen LogP contribution in [0.2, 0.25) is 0 Å². The van der Waals surface area contributed by atoms with E-state index in [9.17, 15) is 13.2 Å². The quantitative estimate of drug-likeness (QED) is 0.885. The van der Waals surface area contributed by atoms with Crippen LogP contribution in [0.15, 0.2) is 6.07 Å². The molecule has 0 amide bonds. The number of nitrogens with one attached hydrogen (secondary N) is 2. The van der Waals surface area contributed by atoms with E-state index in [4.69, 9.17) is 4.74 Å². The number of hydrogen-bond acceptors (Lipinski definition) is 5. The molecule has 5 nitrogen and oxygen atoms in total. The van der Waals surface area contributed by atoms with Crippen LogP contribution in [-0.2, 0) is 10.9 Å². The molecule has 0 spiro atoms. The van der Waals surface area contributed by atoms with Crippen molar-refractivity contribution in [3.63, 3.8) is 0 Å². The van der Waals surface area contributed by atoms with E-state index in [1.165, 1.54) is 13.1 Å². The van der Waals surface area contributed by atoms with Gasteiger partial charge in [0.1, 0.15) is 11.6 Å². The number of ether oxygens (including phenoxy) is 1. The van der Waals surface area contributed by atoms with Crippen molar-refractivity contribution in [3.05, 3.63) is 11.9 Å². The second kappa shape index (κ2) is 5.60. The Labute approximate surface area is 108 Å². The van der Waals surface area contributed by atoms with Crippen LogP contribution in [0.1, 0.15) is 18.7 Å². The van der Waals surface area contributed by atoms with Crippen LogP contribution < -0.4 is 10.6 Å². The topological polar surface area (TPSA) is 59.1 Å². The van der Waals surface area contributed by atoms with Gasteiger partial charge in [0.25, 0.3) is 0 Å². The molecule has 2 rings (SSSR count). The minimum absolute atomic E-state index is 0.0190. The first kappa shape index (κ1) is 13.9. The largest absolute Gasteiger partial charge is 0.451 e. The average molecular weight is 276 g/mol. The van der Waals surface area contributed by atoms with E-state index in [-0.39, 0.29) is 17.7 Å². The zero-order valence-corrected chi connectivity index (χ0v) is 10.4. The minimum atomic E-state index is -4.56. The monoisotopic (exact) mass is 276 g/mol. The van der Waals surface area contributed by atoms with Crippen LogP contribution in [0.5, 0.6) is 0 Å². The molecular weight excluding hydrogens is 261 g/mol. The Morgan fingerprint density at radius 3 is 2.63 bits per heavy atom. The lowest BCUT2D eigenvalue weighted by Crippen LogP contribution is -2.30. The number of aromatic nitrogens is 2. The predicted octanol–water partition coefficient (Wildman–Crippen LogP) is 2.13. The van der Waals surface area contributed by atoms with Gasteiger partial charge in [-0.25, -0.2) is 9.97 Å². The molecule has 0 saturated carbocycles. The third-order valence-corrected chi connectivity index (χ3v) is 2.75. The number of rotatable bonds is 3. The van der Waals surface area contributed by atoms with Gasteiger partial charge in [0, 0.05) is 19.7 Å². The van der Waals surface area contributed by atoms with Crippen molar-refractivity contribution in [2.24, 2.45) is 0 Å². The van der Waals surface area contributed by atoms with Gasteiger partial charge in [-0.3, -0.25) is 0 Å². The maximum Gasteiger partial charge on any atom is 0.451 e. The van der Waals surface area contributed by atoms with Gasteiger partial charge in [0.05, 0.1) is 12.6 Å². The van der Waals surface area contributed by atoms with Crippen molar-refractivity contribution < 1.29 is 17.9 Å². The van der Waals surface area contributed by atoms with E-state index < -0.39 is 12.0 Å². The summed E-state index contributed by atoms with van der Waals surface area (Å²) in [5.41, 5.74) is 0. The lowest BCUT2D eigenvalue weighted by atomic mass is 10.1. The van der Waals surface area contributed by atoms with Crippen LogP contribution >= 0.6 is 0 Å². The first-order valence-electron chi connectivity index (χ1n) is 5.97. The van der Waals surface area contributed by atoms with Crippen LogP contribution in [0, 0.1) is 0 Å². The molecule has 1 unspecified atom stereocenters.